The van der Waals surface area contributed by atoms with Crippen molar-refractivity contribution in [2.75, 3.05) is 12.3 Å². The molecule has 0 saturated carbocycles. The van der Waals surface area contributed by atoms with Gasteiger partial charge in [-0.25, -0.2) is 24.3 Å². The Morgan fingerprint density at radius 3 is 2.70 bits per heavy atom. The lowest BCUT2D eigenvalue weighted by Gasteiger charge is -2.29. The number of carbonyl (C=O) groups excluding carboxylic acids is 1. The molecule has 8 nitrogen and oxygen atoms in total. The number of fused-ring (bicyclic) bond motifs is 1. The summed E-state index contributed by atoms with van der Waals surface area (Å²) in [5, 5.41) is 0.00315. The Morgan fingerprint density at radius 1 is 1.14 bits per heavy atom. The molecule has 0 atom stereocenters. The van der Waals surface area contributed by atoms with E-state index in [0.29, 0.717) is 53.4 Å². The lowest BCUT2D eigenvalue weighted by molar-refractivity contribution is 0.0702. The van der Waals surface area contributed by atoms with Crippen LogP contribution in [0.4, 0.5) is 10.2 Å². The van der Waals surface area contributed by atoms with Gasteiger partial charge in [-0.05, 0) is 37.6 Å². The molecule has 0 saturated heterocycles. The molecule has 4 aromatic rings. The van der Waals surface area contributed by atoms with Crippen LogP contribution in [0.1, 0.15) is 45.6 Å². The maximum absolute atomic E-state index is 15.5. The van der Waals surface area contributed by atoms with Gasteiger partial charge in [-0.3, -0.25) is 4.79 Å². The molecule has 0 radical (unpaired) electrons. The highest BCUT2D eigenvalue weighted by molar-refractivity contribution is 6.34. The van der Waals surface area contributed by atoms with Crippen molar-refractivity contribution in [2.45, 2.75) is 33.4 Å². The number of hydrogen-bond donors (Lipinski definition) is 1. The maximum atomic E-state index is 15.5. The molecule has 5 rings (SSSR count). The van der Waals surface area contributed by atoms with Gasteiger partial charge in [-0.15, -0.1) is 0 Å². The minimum Gasteiger partial charge on any atom is -0.384 e. The van der Waals surface area contributed by atoms with Crippen molar-refractivity contribution in [1.29, 1.82) is 0 Å². The van der Waals surface area contributed by atoms with E-state index in [1.165, 1.54) is 12.4 Å². The first-order chi connectivity index (χ1) is 17.9. The highest BCUT2D eigenvalue weighted by Gasteiger charge is 2.28. The fourth-order valence-corrected chi connectivity index (χ4v) is 4.60. The second-order valence-electron chi connectivity index (χ2n) is 8.63. The Hall–Kier alpha value is -4.29. The zero-order chi connectivity index (χ0) is 26.1. The minimum absolute atomic E-state index is 0.00315. The average Bonchev–Trinajstić information content (AvgIpc) is 3.27. The van der Waals surface area contributed by atoms with E-state index in [4.69, 9.17) is 17.3 Å². The van der Waals surface area contributed by atoms with Gasteiger partial charge in [0.25, 0.3) is 5.91 Å². The van der Waals surface area contributed by atoms with Crippen molar-refractivity contribution >= 4 is 23.3 Å². The number of carbonyl (C=O) groups is 1. The molecule has 0 aliphatic carbocycles. The number of hydrogen-bond acceptors (Lipinski definition) is 6. The van der Waals surface area contributed by atoms with Gasteiger partial charge < -0.3 is 15.2 Å². The first-order valence-electron chi connectivity index (χ1n) is 11.7. The van der Waals surface area contributed by atoms with E-state index in [1.807, 2.05) is 18.4 Å². The Bertz CT molecular complexity index is 1550. The number of amides is 1. The van der Waals surface area contributed by atoms with Gasteiger partial charge in [0.2, 0.25) is 0 Å². The average molecular weight is 516 g/mol. The quantitative estimate of drug-likeness (QED) is 0.413. The Kier molecular flexibility index (Phi) is 6.59. The highest BCUT2D eigenvalue weighted by Crippen LogP contribution is 2.31. The number of nitrogens with two attached hydrogens (primary N) is 1. The van der Waals surface area contributed by atoms with Crippen LogP contribution in [0, 0.1) is 24.6 Å². The summed E-state index contributed by atoms with van der Waals surface area (Å²) < 4.78 is 17.5. The third kappa shape index (κ3) is 4.76. The third-order valence-electron chi connectivity index (χ3n) is 6.26. The van der Waals surface area contributed by atoms with E-state index in [2.05, 4.69) is 31.8 Å². The van der Waals surface area contributed by atoms with Gasteiger partial charge in [0.1, 0.15) is 23.8 Å². The first-order valence-corrected chi connectivity index (χ1v) is 12.1. The van der Waals surface area contributed by atoms with Crippen molar-refractivity contribution in [3.63, 3.8) is 0 Å². The number of nitrogen functional groups attached to an aromatic ring is 1. The lowest BCUT2D eigenvalue weighted by Crippen LogP contribution is -2.39. The zero-order valence-electron chi connectivity index (χ0n) is 20.3. The molecule has 0 bridgehead atoms. The van der Waals surface area contributed by atoms with Crippen molar-refractivity contribution < 1.29 is 9.18 Å². The van der Waals surface area contributed by atoms with Crippen LogP contribution in [0.15, 0.2) is 43.0 Å². The van der Waals surface area contributed by atoms with Crippen LogP contribution in [0.25, 0.3) is 11.3 Å². The van der Waals surface area contributed by atoms with Crippen LogP contribution >= 0.6 is 11.6 Å². The second kappa shape index (κ2) is 9.99. The molecule has 2 N–H and O–H groups in total. The van der Waals surface area contributed by atoms with E-state index in [1.54, 1.807) is 35.5 Å². The number of anilines is 1. The van der Waals surface area contributed by atoms with E-state index in [9.17, 15) is 4.79 Å². The van der Waals surface area contributed by atoms with Crippen LogP contribution in [-0.2, 0) is 19.5 Å². The first kappa shape index (κ1) is 24.4. The molecule has 1 aromatic carbocycles. The van der Waals surface area contributed by atoms with Crippen molar-refractivity contribution in [3.05, 3.63) is 87.7 Å². The summed E-state index contributed by atoms with van der Waals surface area (Å²) in [5.41, 5.74) is 9.25. The molecule has 0 unspecified atom stereocenters. The number of halogens is 2. The molecule has 37 heavy (non-hydrogen) atoms. The molecule has 10 heteroatoms. The Morgan fingerprint density at radius 2 is 1.97 bits per heavy atom. The standard InChI is InChI=1S/C27H23ClFN7O/c1-3-22-19(6-4-17-5-7-23(30)31-13-17)26(34-15-33-22)18-10-20(28)25(21(29)11-18)27(37)35-8-9-36-16(2)12-32-24(36)14-35/h5,7,10-13,15H,3,8-9,14H2,1-2H3,(H2,30,31). The van der Waals surface area contributed by atoms with Gasteiger partial charge in [0.15, 0.2) is 0 Å². The highest BCUT2D eigenvalue weighted by atomic mass is 35.5. The smallest absolute Gasteiger partial charge is 0.258 e. The summed E-state index contributed by atoms with van der Waals surface area (Å²) in [7, 11) is 0. The second-order valence-corrected chi connectivity index (χ2v) is 9.04. The van der Waals surface area contributed by atoms with Gasteiger partial charge in [0.05, 0.1) is 34.1 Å². The number of benzene rings is 1. The van der Waals surface area contributed by atoms with Gasteiger partial charge >= 0.3 is 0 Å². The summed E-state index contributed by atoms with van der Waals surface area (Å²) in [4.78, 5) is 31.9. The number of pyridine rings is 1. The molecule has 0 spiro atoms. The predicted octanol–water partition coefficient (Wildman–Crippen LogP) is 4.04. The summed E-state index contributed by atoms with van der Waals surface area (Å²) >= 11 is 6.51. The van der Waals surface area contributed by atoms with Gasteiger partial charge in [-0.1, -0.05) is 30.4 Å². The monoisotopic (exact) mass is 515 g/mol. The van der Waals surface area contributed by atoms with Crippen LogP contribution in [0.2, 0.25) is 5.02 Å². The van der Waals surface area contributed by atoms with Crippen LogP contribution < -0.4 is 5.73 Å². The summed E-state index contributed by atoms with van der Waals surface area (Å²) in [6.45, 7) is 5.23. The zero-order valence-corrected chi connectivity index (χ0v) is 21.1. The van der Waals surface area contributed by atoms with E-state index in [-0.39, 0.29) is 17.1 Å². The Labute approximate surface area is 218 Å². The fourth-order valence-electron chi connectivity index (χ4n) is 4.31. The fraction of sp³-hybridized carbons (Fsp3) is 0.222. The normalized spacial score (nSPS) is 12.6. The SMILES string of the molecule is CCc1ncnc(-c2cc(F)c(C(=O)N3CCn4c(C)cnc4C3)c(Cl)c2)c1C#Cc1ccc(N)nc1. The number of nitrogens with zero attached hydrogens (tertiary/aromatic N) is 6. The topological polar surface area (TPSA) is 103 Å². The maximum Gasteiger partial charge on any atom is 0.258 e. The van der Waals surface area contributed by atoms with Gasteiger partial charge in [0, 0.05) is 42.3 Å². The molecule has 186 valence electrons. The van der Waals surface area contributed by atoms with E-state index >= 15 is 4.39 Å². The number of rotatable bonds is 3. The van der Waals surface area contributed by atoms with Crippen LogP contribution in [-0.4, -0.2) is 41.9 Å². The Balaban J connectivity index is 1.50. The molecule has 0 fully saturated rings. The molecule has 1 aliphatic rings. The van der Waals surface area contributed by atoms with Gasteiger partial charge in [-0.2, -0.15) is 0 Å². The van der Waals surface area contributed by atoms with Crippen molar-refractivity contribution in [1.82, 2.24) is 29.4 Å². The number of aromatic nitrogens is 5. The van der Waals surface area contributed by atoms with Crippen LogP contribution in [0.3, 0.4) is 0 Å². The number of imidazole rings is 1. The van der Waals surface area contributed by atoms with Crippen molar-refractivity contribution in [3.8, 4) is 23.1 Å². The molecule has 1 amide bonds. The van der Waals surface area contributed by atoms with E-state index in [0.717, 1.165) is 11.5 Å². The van der Waals surface area contributed by atoms with E-state index < -0.39 is 11.7 Å². The minimum atomic E-state index is -0.726. The largest absolute Gasteiger partial charge is 0.384 e. The predicted molar refractivity (Wildman–Crippen MR) is 138 cm³/mol. The summed E-state index contributed by atoms with van der Waals surface area (Å²) in [6, 6.07) is 6.24. The number of aryl methyl sites for hydroxylation is 2. The van der Waals surface area contributed by atoms with Crippen LogP contribution in [0.5, 0.6) is 0 Å². The summed E-state index contributed by atoms with van der Waals surface area (Å²) in [6.07, 6.45) is 5.34. The molecular formula is C27H23ClFN7O. The molecule has 3 aromatic heterocycles. The molecular weight excluding hydrogens is 493 g/mol. The lowest BCUT2D eigenvalue weighted by atomic mass is 10.0. The molecule has 1 aliphatic heterocycles. The summed E-state index contributed by atoms with van der Waals surface area (Å²) in [5.74, 6) is 6.10. The van der Waals surface area contributed by atoms with Crippen molar-refractivity contribution in [2.24, 2.45) is 0 Å². The molecule has 4 heterocycles. The third-order valence-corrected chi connectivity index (χ3v) is 6.56.